The minimum Gasteiger partial charge on any atom is -0.348 e. The van der Waals surface area contributed by atoms with Gasteiger partial charge in [-0.15, -0.1) is 0 Å². The fourth-order valence-electron chi connectivity index (χ4n) is 2.17. The van der Waals surface area contributed by atoms with Gasteiger partial charge in [0.15, 0.2) is 0 Å². The molecule has 0 fully saturated rings. The molecule has 2 nitrogen and oxygen atoms in total. The van der Waals surface area contributed by atoms with E-state index in [2.05, 4.69) is 42.8 Å². The molecule has 0 N–H and O–H groups in total. The van der Waals surface area contributed by atoms with E-state index in [1.165, 1.54) is 22.3 Å². The van der Waals surface area contributed by atoms with E-state index in [9.17, 15) is 0 Å². The van der Waals surface area contributed by atoms with Crippen LogP contribution in [0.3, 0.4) is 0 Å². The molecule has 1 heterocycles. The highest BCUT2D eigenvalue weighted by molar-refractivity contribution is 5.71. The molecule has 1 aliphatic heterocycles. The molecular weight excluding hydrogens is 208 g/mol. The summed E-state index contributed by atoms with van der Waals surface area (Å²) in [6.07, 6.45) is 9.62. The molecule has 0 saturated heterocycles. The molecule has 2 heteroatoms. The first kappa shape index (κ1) is 11.6. The summed E-state index contributed by atoms with van der Waals surface area (Å²) in [6, 6.07) is 4.48. The number of aryl methyl sites for hydroxylation is 3. The summed E-state index contributed by atoms with van der Waals surface area (Å²) in [6.45, 7) is 7.39. The van der Waals surface area contributed by atoms with E-state index in [1.54, 1.807) is 6.21 Å². The van der Waals surface area contributed by atoms with Crippen LogP contribution in [-0.4, -0.2) is 11.1 Å². The Morgan fingerprint density at radius 2 is 1.76 bits per heavy atom. The number of allylic oxidation sites excluding steroid dienone is 1. The van der Waals surface area contributed by atoms with E-state index >= 15 is 0 Å². The van der Waals surface area contributed by atoms with Gasteiger partial charge in [0.1, 0.15) is 0 Å². The van der Waals surface area contributed by atoms with Crippen molar-refractivity contribution in [3.05, 3.63) is 59.1 Å². The second-order valence-corrected chi connectivity index (χ2v) is 4.49. The Morgan fingerprint density at radius 3 is 2.47 bits per heavy atom. The highest BCUT2D eigenvalue weighted by atomic mass is 15.1. The zero-order valence-electron chi connectivity index (χ0n) is 10.6. The largest absolute Gasteiger partial charge is 0.348 e. The Balaban J connectivity index is 2.24. The number of nitrogens with zero attached hydrogens (tertiary/aromatic N) is 2. The van der Waals surface area contributed by atoms with Crippen LogP contribution in [-0.2, 0) is 6.54 Å². The maximum Gasteiger partial charge on any atom is 0.0476 e. The third kappa shape index (κ3) is 2.84. The van der Waals surface area contributed by atoms with Crippen molar-refractivity contribution in [3.63, 3.8) is 0 Å². The van der Waals surface area contributed by atoms with Gasteiger partial charge in [-0.05, 0) is 43.5 Å². The quantitative estimate of drug-likeness (QED) is 0.753. The normalized spacial score (nSPS) is 14.2. The third-order valence-electron chi connectivity index (χ3n) is 2.97. The third-order valence-corrected chi connectivity index (χ3v) is 2.97. The summed E-state index contributed by atoms with van der Waals surface area (Å²) in [7, 11) is 0. The lowest BCUT2D eigenvalue weighted by molar-refractivity contribution is 0.498. The van der Waals surface area contributed by atoms with Crippen molar-refractivity contribution in [3.8, 4) is 0 Å². The molecule has 2 rings (SSSR count). The first-order valence-electron chi connectivity index (χ1n) is 5.86. The molecule has 1 aliphatic rings. The molecule has 0 unspecified atom stereocenters. The maximum atomic E-state index is 4.09. The zero-order valence-corrected chi connectivity index (χ0v) is 10.6. The molecule has 0 radical (unpaired) electrons. The molecule has 0 saturated carbocycles. The molecule has 0 amide bonds. The van der Waals surface area contributed by atoms with E-state index < -0.39 is 0 Å². The van der Waals surface area contributed by atoms with E-state index in [0.717, 1.165) is 6.54 Å². The summed E-state index contributed by atoms with van der Waals surface area (Å²) >= 11 is 0. The van der Waals surface area contributed by atoms with Gasteiger partial charge in [-0.2, -0.15) is 0 Å². The van der Waals surface area contributed by atoms with E-state index in [4.69, 9.17) is 0 Å². The van der Waals surface area contributed by atoms with E-state index in [0.29, 0.717) is 0 Å². The second kappa shape index (κ2) is 5.00. The topological polar surface area (TPSA) is 15.6 Å². The van der Waals surface area contributed by atoms with Crippen LogP contribution in [0.2, 0.25) is 0 Å². The minimum absolute atomic E-state index is 0.897. The van der Waals surface area contributed by atoms with Crippen molar-refractivity contribution in [1.82, 2.24) is 4.90 Å². The van der Waals surface area contributed by atoms with Crippen molar-refractivity contribution in [2.24, 2.45) is 4.99 Å². The Labute approximate surface area is 103 Å². The SMILES string of the molecule is Cc1cc(C)c(CN2C=CC=NC=C2)c(C)c1. The standard InChI is InChI=1S/C15H18N2/c1-12-9-13(2)15(14(3)10-12)11-17-7-4-5-16-6-8-17/h4-10H,11H2,1-3H3. The Bertz CT molecular complexity index is 457. The minimum atomic E-state index is 0.897. The van der Waals surface area contributed by atoms with Crippen LogP contribution in [0.25, 0.3) is 0 Å². The Kier molecular flexibility index (Phi) is 3.43. The molecule has 0 bridgehead atoms. The number of aliphatic imine (C=N–C) groups is 1. The molecule has 0 aromatic heterocycles. The van der Waals surface area contributed by atoms with Gasteiger partial charge in [0.25, 0.3) is 0 Å². The van der Waals surface area contributed by atoms with Crippen molar-refractivity contribution < 1.29 is 0 Å². The summed E-state index contributed by atoms with van der Waals surface area (Å²) in [5.41, 5.74) is 5.43. The maximum absolute atomic E-state index is 4.09. The molecule has 1 aromatic rings. The zero-order chi connectivity index (χ0) is 12.3. The molecule has 0 spiro atoms. The van der Waals surface area contributed by atoms with Gasteiger partial charge in [0.2, 0.25) is 0 Å². The Hall–Kier alpha value is -1.83. The highest BCUT2D eigenvalue weighted by Crippen LogP contribution is 2.19. The van der Waals surface area contributed by atoms with Gasteiger partial charge in [-0.3, -0.25) is 4.99 Å². The van der Waals surface area contributed by atoms with Crippen molar-refractivity contribution in [2.75, 3.05) is 0 Å². The van der Waals surface area contributed by atoms with Gasteiger partial charge in [0.05, 0.1) is 0 Å². The smallest absolute Gasteiger partial charge is 0.0476 e. The number of benzene rings is 1. The first-order valence-corrected chi connectivity index (χ1v) is 5.86. The van der Waals surface area contributed by atoms with Gasteiger partial charge >= 0.3 is 0 Å². The molecule has 17 heavy (non-hydrogen) atoms. The molecular formula is C15H18N2. The van der Waals surface area contributed by atoms with Crippen molar-refractivity contribution >= 4 is 6.21 Å². The summed E-state index contributed by atoms with van der Waals surface area (Å²) in [4.78, 5) is 6.24. The van der Waals surface area contributed by atoms with Gasteiger partial charge in [-0.1, -0.05) is 17.7 Å². The second-order valence-electron chi connectivity index (χ2n) is 4.49. The molecule has 1 aromatic carbocycles. The number of rotatable bonds is 2. The number of hydrogen-bond donors (Lipinski definition) is 0. The van der Waals surface area contributed by atoms with Gasteiger partial charge in [0, 0.05) is 31.4 Å². The summed E-state index contributed by atoms with van der Waals surface area (Å²) in [5, 5.41) is 0. The van der Waals surface area contributed by atoms with Crippen LogP contribution in [0.1, 0.15) is 22.3 Å². The monoisotopic (exact) mass is 226 g/mol. The van der Waals surface area contributed by atoms with Gasteiger partial charge < -0.3 is 4.90 Å². The summed E-state index contributed by atoms with van der Waals surface area (Å²) in [5.74, 6) is 0. The lowest BCUT2D eigenvalue weighted by Crippen LogP contribution is -2.11. The molecule has 0 aliphatic carbocycles. The van der Waals surface area contributed by atoms with Crippen molar-refractivity contribution in [1.29, 1.82) is 0 Å². The number of hydrogen-bond acceptors (Lipinski definition) is 2. The molecule has 88 valence electrons. The summed E-state index contributed by atoms with van der Waals surface area (Å²) < 4.78 is 0. The lowest BCUT2D eigenvalue weighted by Gasteiger charge is -2.18. The van der Waals surface area contributed by atoms with Gasteiger partial charge in [-0.25, -0.2) is 0 Å². The van der Waals surface area contributed by atoms with Crippen LogP contribution in [0, 0.1) is 20.8 Å². The predicted octanol–water partition coefficient (Wildman–Crippen LogP) is 3.48. The lowest BCUT2D eigenvalue weighted by atomic mass is 9.99. The van der Waals surface area contributed by atoms with Crippen LogP contribution in [0.15, 0.2) is 41.8 Å². The fourth-order valence-corrected chi connectivity index (χ4v) is 2.17. The van der Waals surface area contributed by atoms with E-state index in [-0.39, 0.29) is 0 Å². The van der Waals surface area contributed by atoms with Crippen LogP contribution in [0.4, 0.5) is 0 Å². The van der Waals surface area contributed by atoms with E-state index in [1.807, 2.05) is 24.7 Å². The van der Waals surface area contributed by atoms with Crippen LogP contribution in [0.5, 0.6) is 0 Å². The van der Waals surface area contributed by atoms with Crippen LogP contribution < -0.4 is 0 Å². The molecule has 0 atom stereocenters. The average Bonchev–Trinajstić information content (AvgIpc) is 2.51. The Morgan fingerprint density at radius 1 is 1.06 bits per heavy atom. The first-order chi connectivity index (χ1) is 8.16. The van der Waals surface area contributed by atoms with Crippen LogP contribution >= 0.6 is 0 Å². The fraction of sp³-hybridized carbons (Fsp3) is 0.267. The van der Waals surface area contributed by atoms with Crippen molar-refractivity contribution in [2.45, 2.75) is 27.3 Å². The highest BCUT2D eigenvalue weighted by Gasteiger charge is 2.06. The predicted molar refractivity (Wildman–Crippen MR) is 73.0 cm³/mol. The average molecular weight is 226 g/mol.